The second-order valence-corrected chi connectivity index (χ2v) is 9.93. The minimum atomic E-state index is -1.89. The third kappa shape index (κ3) is 4.91. The zero-order chi connectivity index (χ0) is 20.3. The summed E-state index contributed by atoms with van der Waals surface area (Å²) in [4.78, 5) is 13.4. The van der Waals surface area contributed by atoms with E-state index < -0.39 is 15.9 Å². The van der Waals surface area contributed by atoms with Crippen molar-refractivity contribution in [1.29, 1.82) is 5.26 Å². The lowest BCUT2D eigenvalue weighted by Crippen LogP contribution is -2.56. The van der Waals surface area contributed by atoms with E-state index >= 15 is 0 Å². The first-order valence-corrected chi connectivity index (χ1v) is 10.7. The van der Waals surface area contributed by atoms with Gasteiger partial charge in [-0.25, -0.2) is 0 Å². The minimum absolute atomic E-state index is 0.0672. The van der Waals surface area contributed by atoms with Gasteiger partial charge in [-0.2, -0.15) is 5.26 Å². The highest BCUT2D eigenvalue weighted by molar-refractivity contribution is 7.80. The van der Waals surface area contributed by atoms with Crippen LogP contribution in [0.5, 0.6) is 0 Å². The first-order valence-electron chi connectivity index (χ1n) is 8.33. The average molecular weight is 478 g/mol. The number of nitrogens with one attached hydrogen (secondary N) is 3. The molecule has 1 aliphatic rings. The summed E-state index contributed by atoms with van der Waals surface area (Å²) in [5.41, 5.74) is 1.67. The highest BCUT2D eigenvalue weighted by Crippen LogP contribution is 2.37. The Hall–Kier alpha value is -1.50. The molecule has 0 bridgehead atoms. The van der Waals surface area contributed by atoms with Gasteiger partial charge < -0.3 is 20.4 Å². The Balaban J connectivity index is 1.72. The predicted molar refractivity (Wildman–Crippen MR) is 115 cm³/mol. The van der Waals surface area contributed by atoms with Crippen LogP contribution in [0.2, 0.25) is 0 Å². The number of furan rings is 1. The molecule has 0 aromatic carbocycles. The van der Waals surface area contributed by atoms with Crippen molar-refractivity contribution in [2.45, 2.75) is 35.6 Å². The number of rotatable bonds is 4. The van der Waals surface area contributed by atoms with Gasteiger partial charge in [0.05, 0.1) is 11.8 Å². The number of amides is 1. The van der Waals surface area contributed by atoms with E-state index in [4.69, 9.17) is 51.4 Å². The molecule has 0 unspecified atom stereocenters. The molecule has 1 aliphatic carbocycles. The summed E-state index contributed by atoms with van der Waals surface area (Å²) in [5.74, 6) is -0.501. The Morgan fingerprint density at radius 2 is 2.07 bits per heavy atom. The number of halogens is 3. The number of thiocarbonyl (C=S) groups is 1. The van der Waals surface area contributed by atoms with Crippen LogP contribution in [0.3, 0.4) is 0 Å². The maximum Gasteiger partial charge on any atom is 0.288 e. The lowest BCUT2D eigenvalue weighted by molar-refractivity contribution is 0.0906. The maximum absolute atomic E-state index is 12.2. The number of aryl methyl sites for hydroxylation is 1. The molecule has 1 amide bonds. The molecule has 6 nitrogen and oxygen atoms in total. The standard InChI is InChI=1S/C17H15Cl3N4O2S2/c18-17(19,20)15(22-13(25)11-5-3-7-26-11)24-16(27)23-14-10(8-21)9-4-1-2-6-12(9)28-14/h3,5,7,15H,1-2,4,6H2,(H,22,25)(H2,23,24,27)/t15-/m0/s1. The summed E-state index contributed by atoms with van der Waals surface area (Å²) in [5, 5.41) is 18.6. The van der Waals surface area contributed by atoms with Crippen LogP contribution in [0.15, 0.2) is 22.8 Å². The number of anilines is 1. The number of fused-ring (bicyclic) bond motifs is 1. The van der Waals surface area contributed by atoms with Crippen molar-refractivity contribution in [1.82, 2.24) is 10.6 Å². The number of nitrogens with zero attached hydrogens (tertiary/aromatic N) is 1. The van der Waals surface area contributed by atoms with Gasteiger partial charge in [-0.3, -0.25) is 4.79 Å². The molecule has 28 heavy (non-hydrogen) atoms. The van der Waals surface area contributed by atoms with Crippen molar-refractivity contribution in [3.05, 3.63) is 40.2 Å². The monoisotopic (exact) mass is 476 g/mol. The third-order valence-corrected chi connectivity index (χ3v) is 6.22. The number of carbonyl (C=O) groups excluding carboxylic acids is 1. The average Bonchev–Trinajstić information content (AvgIpc) is 3.27. The zero-order valence-electron chi connectivity index (χ0n) is 14.4. The van der Waals surface area contributed by atoms with Gasteiger partial charge in [-0.05, 0) is 55.6 Å². The van der Waals surface area contributed by atoms with Crippen molar-refractivity contribution in [2.75, 3.05) is 5.32 Å². The molecule has 2 aromatic heterocycles. The smallest absolute Gasteiger partial charge is 0.288 e. The molecule has 0 fully saturated rings. The van der Waals surface area contributed by atoms with Crippen LogP contribution in [-0.2, 0) is 12.8 Å². The van der Waals surface area contributed by atoms with Crippen LogP contribution in [0, 0.1) is 11.3 Å². The van der Waals surface area contributed by atoms with E-state index in [0.717, 1.165) is 31.2 Å². The molecule has 1 atom stereocenters. The Labute approximate surface area is 186 Å². The molecular weight excluding hydrogens is 463 g/mol. The molecule has 0 saturated carbocycles. The Bertz CT molecular complexity index is 916. The van der Waals surface area contributed by atoms with Gasteiger partial charge >= 0.3 is 0 Å². The number of nitriles is 1. The first-order chi connectivity index (χ1) is 13.3. The summed E-state index contributed by atoms with van der Waals surface area (Å²) in [6.45, 7) is 0. The van der Waals surface area contributed by atoms with Gasteiger partial charge in [0, 0.05) is 4.88 Å². The summed E-state index contributed by atoms with van der Waals surface area (Å²) in [6.07, 6.45) is 4.23. The van der Waals surface area contributed by atoms with Crippen molar-refractivity contribution < 1.29 is 9.21 Å². The molecule has 3 rings (SSSR count). The Morgan fingerprint density at radius 1 is 1.32 bits per heavy atom. The molecule has 0 saturated heterocycles. The van der Waals surface area contributed by atoms with Gasteiger partial charge in [0.25, 0.3) is 5.91 Å². The fourth-order valence-electron chi connectivity index (χ4n) is 2.85. The van der Waals surface area contributed by atoms with E-state index in [1.807, 2.05) is 0 Å². The Kier molecular flexibility index (Phi) is 6.73. The van der Waals surface area contributed by atoms with Crippen LogP contribution in [0.1, 0.15) is 39.4 Å². The van der Waals surface area contributed by atoms with Crippen LogP contribution in [-0.4, -0.2) is 21.0 Å². The second-order valence-electron chi connectivity index (χ2n) is 6.05. The van der Waals surface area contributed by atoms with Gasteiger partial charge in [0.1, 0.15) is 17.2 Å². The molecule has 148 valence electrons. The fourth-order valence-corrected chi connectivity index (χ4v) is 4.71. The summed E-state index contributed by atoms with van der Waals surface area (Å²) in [7, 11) is 0. The molecule has 2 aromatic rings. The molecule has 0 radical (unpaired) electrons. The topological polar surface area (TPSA) is 90.1 Å². The normalized spacial score (nSPS) is 14.5. The van der Waals surface area contributed by atoms with Gasteiger partial charge in [-0.15, -0.1) is 11.3 Å². The molecule has 0 aliphatic heterocycles. The van der Waals surface area contributed by atoms with Gasteiger partial charge in [0.15, 0.2) is 10.9 Å². The molecule has 3 N–H and O–H groups in total. The largest absolute Gasteiger partial charge is 0.459 e. The lowest BCUT2D eigenvalue weighted by atomic mass is 9.96. The van der Waals surface area contributed by atoms with Crippen LogP contribution in [0.25, 0.3) is 0 Å². The summed E-state index contributed by atoms with van der Waals surface area (Å²) >= 11 is 24.7. The SMILES string of the molecule is N#Cc1c(NC(=S)N[C@H](NC(=O)c2ccco2)C(Cl)(Cl)Cl)sc2c1CCCC2. The quantitative estimate of drug-likeness (QED) is 0.341. The van der Waals surface area contributed by atoms with E-state index in [-0.39, 0.29) is 10.9 Å². The summed E-state index contributed by atoms with van der Waals surface area (Å²) in [6, 6.07) is 5.30. The van der Waals surface area contributed by atoms with Crippen molar-refractivity contribution >= 4 is 74.4 Å². The van der Waals surface area contributed by atoms with E-state index in [9.17, 15) is 10.1 Å². The van der Waals surface area contributed by atoms with Gasteiger partial charge in [-0.1, -0.05) is 34.8 Å². The van der Waals surface area contributed by atoms with Gasteiger partial charge in [0.2, 0.25) is 3.79 Å². The second kappa shape index (κ2) is 8.89. The molecule has 11 heteroatoms. The van der Waals surface area contributed by atoms with E-state index in [1.165, 1.54) is 28.5 Å². The van der Waals surface area contributed by atoms with Crippen LogP contribution < -0.4 is 16.0 Å². The number of thiophene rings is 1. The number of alkyl halides is 3. The van der Waals surface area contributed by atoms with Crippen LogP contribution in [0.4, 0.5) is 5.00 Å². The van der Waals surface area contributed by atoms with E-state index in [1.54, 1.807) is 6.07 Å². The van der Waals surface area contributed by atoms with E-state index in [2.05, 4.69) is 22.0 Å². The van der Waals surface area contributed by atoms with E-state index in [0.29, 0.717) is 10.6 Å². The third-order valence-electron chi connectivity index (χ3n) is 4.13. The molecular formula is C17H15Cl3N4O2S2. The number of hydrogen-bond donors (Lipinski definition) is 3. The Morgan fingerprint density at radius 3 is 2.71 bits per heavy atom. The van der Waals surface area contributed by atoms with Crippen molar-refractivity contribution in [3.63, 3.8) is 0 Å². The predicted octanol–water partition coefficient (Wildman–Crippen LogP) is 4.50. The highest BCUT2D eigenvalue weighted by atomic mass is 35.6. The summed E-state index contributed by atoms with van der Waals surface area (Å²) < 4.78 is 3.15. The highest BCUT2D eigenvalue weighted by Gasteiger charge is 2.35. The van der Waals surface area contributed by atoms with Crippen molar-refractivity contribution in [2.24, 2.45) is 0 Å². The van der Waals surface area contributed by atoms with Crippen molar-refractivity contribution in [3.8, 4) is 6.07 Å². The zero-order valence-corrected chi connectivity index (χ0v) is 18.3. The first kappa shape index (κ1) is 21.2. The molecule has 2 heterocycles. The van der Waals surface area contributed by atoms with Crippen LogP contribution >= 0.6 is 58.4 Å². The minimum Gasteiger partial charge on any atom is -0.459 e. The fraction of sp³-hybridized carbons (Fsp3) is 0.353. The lowest BCUT2D eigenvalue weighted by Gasteiger charge is -2.27. The maximum atomic E-state index is 12.2. The number of carbonyl (C=O) groups is 1. The molecule has 0 spiro atoms. The number of hydrogen-bond acceptors (Lipinski definition) is 5.